The van der Waals surface area contributed by atoms with E-state index in [0.717, 1.165) is 12.1 Å². The number of carbonyl (C=O) groups is 2. The molecule has 1 aromatic rings. The summed E-state index contributed by atoms with van der Waals surface area (Å²) in [7, 11) is 0. The second-order valence-electron chi connectivity index (χ2n) is 5.31. The summed E-state index contributed by atoms with van der Waals surface area (Å²) in [6, 6.07) is 3.72. The Morgan fingerprint density at radius 1 is 1.43 bits per heavy atom. The molecule has 0 saturated carbocycles. The lowest BCUT2D eigenvalue weighted by molar-refractivity contribution is -0.150. The Bertz CT molecular complexity index is 515. The van der Waals surface area contributed by atoms with Crippen LogP contribution in [0, 0.1) is 0 Å². The Morgan fingerprint density at radius 2 is 2.19 bits per heavy atom. The van der Waals surface area contributed by atoms with Crippen LogP contribution in [0.15, 0.2) is 18.3 Å². The molecular weight excluding hydrogens is 270 g/mol. The Balaban J connectivity index is 1.98. The van der Waals surface area contributed by atoms with Crippen molar-refractivity contribution in [1.82, 2.24) is 14.8 Å². The van der Waals surface area contributed by atoms with Crippen LogP contribution in [0.2, 0.25) is 0 Å². The lowest BCUT2D eigenvalue weighted by Gasteiger charge is -2.38. The van der Waals surface area contributed by atoms with E-state index in [1.807, 2.05) is 24.1 Å². The van der Waals surface area contributed by atoms with E-state index in [1.165, 1.54) is 10.5 Å². The zero-order valence-electron chi connectivity index (χ0n) is 12.5. The maximum absolute atomic E-state index is 12.2. The van der Waals surface area contributed by atoms with Gasteiger partial charge < -0.3 is 10.0 Å². The lowest BCUT2D eigenvalue weighted by Crippen LogP contribution is -2.56. The minimum absolute atomic E-state index is 0.131. The molecule has 2 rings (SSSR count). The molecule has 0 bridgehead atoms. The summed E-state index contributed by atoms with van der Waals surface area (Å²) in [6.07, 6.45) is 2.82. The third kappa shape index (κ3) is 3.78. The monoisotopic (exact) mass is 291 g/mol. The van der Waals surface area contributed by atoms with Crippen LogP contribution in [0.5, 0.6) is 0 Å². The van der Waals surface area contributed by atoms with E-state index in [2.05, 4.69) is 18.0 Å². The first-order chi connectivity index (χ1) is 10.0. The fourth-order valence-electron chi connectivity index (χ4n) is 2.48. The highest BCUT2D eigenvalue weighted by Gasteiger charge is 2.32. The first kappa shape index (κ1) is 15.4. The third-order valence-corrected chi connectivity index (χ3v) is 3.86. The number of aliphatic carboxylic acids is 1. The number of carbonyl (C=O) groups excluding carboxylic acids is 1. The van der Waals surface area contributed by atoms with Gasteiger partial charge >= 0.3 is 5.97 Å². The van der Waals surface area contributed by atoms with Gasteiger partial charge in [-0.25, -0.2) is 0 Å². The molecule has 1 aliphatic rings. The smallest absolute Gasteiger partial charge is 0.323 e. The van der Waals surface area contributed by atoms with Crippen molar-refractivity contribution in [3.05, 3.63) is 29.6 Å². The topological polar surface area (TPSA) is 73.7 Å². The van der Waals surface area contributed by atoms with E-state index >= 15 is 0 Å². The van der Waals surface area contributed by atoms with Crippen molar-refractivity contribution >= 4 is 11.9 Å². The predicted octanol–water partition coefficient (Wildman–Crippen LogP) is 0.761. The number of hydrogen-bond acceptors (Lipinski definition) is 4. The van der Waals surface area contributed by atoms with Gasteiger partial charge in [-0.15, -0.1) is 0 Å². The molecule has 0 spiro atoms. The minimum atomic E-state index is -0.971. The molecule has 1 fully saturated rings. The number of amides is 1. The molecule has 1 saturated heterocycles. The van der Waals surface area contributed by atoms with Crippen LogP contribution in [0.1, 0.15) is 25.1 Å². The summed E-state index contributed by atoms with van der Waals surface area (Å²) in [6.45, 7) is 5.40. The highest BCUT2D eigenvalue weighted by Crippen LogP contribution is 2.14. The fraction of sp³-hybridized carbons (Fsp3) is 0.533. The second-order valence-corrected chi connectivity index (χ2v) is 5.31. The van der Waals surface area contributed by atoms with Crippen LogP contribution in [0.3, 0.4) is 0 Å². The maximum atomic E-state index is 12.2. The molecule has 2 heterocycles. The molecule has 114 valence electrons. The van der Waals surface area contributed by atoms with Crippen LogP contribution in [-0.4, -0.2) is 57.4 Å². The fourth-order valence-corrected chi connectivity index (χ4v) is 2.48. The van der Waals surface area contributed by atoms with E-state index < -0.39 is 5.97 Å². The number of rotatable bonds is 5. The molecule has 1 atom stereocenters. The molecule has 1 aliphatic heterocycles. The number of carboxylic acids is 1. The van der Waals surface area contributed by atoms with Crippen molar-refractivity contribution in [3.63, 3.8) is 0 Å². The number of carboxylic acid groups (broad SMARTS) is 1. The second kappa shape index (κ2) is 6.67. The SMILES string of the molecule is CCc1ccc(CN2CCN(CC(=O)O)C(=O)C2C)nc1. The van der Waals surface area contributed by atoms with Gasteiger partial charge in [-0.05, 0) is 25.0 Å². The Labute approximate surface area is 124 Å². The van der Waals surface area contributed by atoms with Gasteiger partial charge in [0.05, 0.1) is 11.7 Å². The zero-order chi connectivity index (χ0) is 15.4. The average Bonchev–Trinajstić information content (AvgIpc) is 2.47. The van der Waals surface area contributed by atoms with E-state index in [-0.39, 0.29) is 18.5 Å². The summed E-state index contributed by atoms with van der Waals surface area (Å²) in [5, 5.41) is 8.80. The molecule has 21 heavy (non-hydrogen) atoms. The zero-order valence-corrected chi connectivity index (χ0v) is 12.5. The summed E-state index contributed by atoms with van der Waals surface area (Å²) in [5.74, 6) is -1.10. The molecule has 1 aromatic heterocycles. The highest BCUT2D eigenvalue weighted by molar-refractivity contribution is 5.85. The Kier molecular flexibility index (Phi) is 4.90. The quantitative estimate of drug-likeness (QED) is 0.867. The molecule has 0 radical (unpaired) electrons. The highest BCUT2D eigenvalue weighted by atomic mass is 16.4. The van der Waals surface area contributed by atoms with Crippen molar-refractivity contribution in [2.75, 3.05) is 19.6 Å². The van der Waals surface area contributed by atoms with E-state index in [9.17, 15) is 9.59 Å². The van der Waals surface area contributed by atoms with Crippen LogP contribution >= 0.6 is 0 Å². The molecule has 1 N–H and O–H groups in total. The summed E-state index contributed by atoms with van der Waals surface area (Å²) < 4.78 is 0. The van der Waals surface area contributed by atoms with Crippen molar-refractivity contribution in [2.24, 2.45) is 0 Å². The molecular formula is C15H21N3O3. The largest absolute Gasteiger partial charge is 0.480 e. The Hall–Kier alpha value is -1.95. The third-order valence-electron chi connectivity index (χ3n) is 3.86. The normalized spacial score (nSPS) is 19.8. The van der Waals surface area contributed by atoms with Crippen LogP contribution in [0.25, 0.3) is 0 Å². The van der Waals surface area contributed by atoms with Crippen molar-refractivity contribution in [2.45, 2.75) is 32.9 Å². The summed E-state index contributed by atoms with van der Waals surface area (Å²) in [5.41, 5.74) is 2.12. The molecule has 0 aromatic carbocycles. The van der Waals surface area contributed by atoms with Crippen LogP contribution in [0.4, 0.5) is 0 Å². The van der Waals surface area contributed by atoms with Crippen molar-refractivity contribution < 1.29 is 14.7 Å². The molecule has 6 heteroatoms. The van der Waals surface area contributed by atoms with Crippen LogP contribution in [-0.2, 0) is 22.6 Å². The number of hydrogen-bond donors (Lipinski definition) is 1. The Morgan fingerprint density at radius 3 is 2.76 bits per heavy atom. The predicted molar refractivity (Wildman–Crippen MR) is 77.7 cm³/mol. The average molecular weight is 291 g/mol. The van der Waals surface area contributed by atoms with Gasteiger partial charge in [0.1, 0.15) is 6.54 Å². The maximum Gasteiger partial charge on any atom is 0.323 e. The van der Waals surface area contributed by atoms with Gasteiger partial charge in [0.25, 0.3) is 0 Å². The number of aromatic nitrogens is 1. The summed E-state index contributed by atoms with van der Waals surface area (Å²) in [4.78, 5) is 30.7. The number of aryl methyl sites for hydroxylation is 1. The van der Waals surface area contributed by atoms with Gasteiger partial charge in [-0.1, -0.05) is 13.0 Å². The van der Waals surface area contributed by atoms with Crippen LogP contribution < -0.4 is 0 Å². The van der Waals surface area contributed by atoms with E-state index in [0.29, 0.717) is 19.6 Å². The first-order valence-corrected chi connectivity index (χ1v) is 7.19. The van der Waals surface area contributed by atoms with Gasteiger partial charge in [-0.3, -0.25) is 19.5 Å². The number of piperazine rings is 1. The van der Waals surface area contributed by atoms with Crippen molar-refractivity contribution in [3.8, 4) is 0 Å². The minimum Gasteiger partial charge on any atom is -0.480 e. The number of pyridine rings is 1. The lowest BCUT2D eigenvalue weighted by atomic mass is 10.1. The molecule has 6 nitrogen and oxygen atoms in total. The van der Waals surface area contributed by atoms with Crippen molar-refractivity contribution in [1.29, 1.82) is 0 Å². The van der Waals surface area contributed by atoms with Gasteiger partial charge in [0.15, 0.2) is 0 Å². The summed E-state index contributed by atoms with van der Waals surface area (Å²) >= 11 is 0. The number of nitrogens with zero attached hydrogens (tertiary/aromatic N) is 3. The molecule has 1 unspecified atom stereocenters. The van der Waals surface area contributed by atoms with Gasteiger partial charge in [-0.2, -0.15) is 0 Å². The van der Waals surface area contributed by atoms with E-state index in [4.69, 9.17) is 5.11 Å². The van der Waals surface area contributed by atoms with E-state index in [1.54, 1.807) is 0 Å². The van der Waals surface area contributed by atoms with Gasteiger partial charge in [0, 0.05) is 25.8 Å². The first-order valence-electron chi connectivity index (χ1n) is 7.19. The standard InChI is InChI=1S/C15H21N3O3/c1-3-12-4-5-13(16-8-12)9-17-6-7-18(10-14(19)20)15(21)11(17)2/h4-5,8,11H,3,6-7,9-10H2,1-2H3,(H,19,20). The molecule has 1 amide bonds. The molecule has 0 aliphatic carbocycles. The van der Waals surface area contributed by atoms with Gasteiger partial charge in [0.2, 0.25) is 5.91 Å².